The normalized spacial score (nSPS) is 9.00. The summed E-state index contributed by atoms with van der Waals surface area (Å²) in [5.74, 6) is -0.261. The second-order valence-electron chi connectivity index (χ2n) is 1.88. The predicted octanol–water partition coefficient (Wildman–Crippen LogP) is 1.06. The summed E-state index contributed by atoms with van der Waals surface area (Å²) in [6.45, 7) is 0.0113. The van der Waals surface area contributed by atoms with Gasteiger partial charge < -0.3 is 14.7 Å². The van der Waals surface area contributed by atoms with Gasteiger partial charge in [-0.25, -0.2) is 0 Å². The summed E-state index contributed by atoms with van der Waals surface area (Å²) in [6, 6.07) is 0. The molecule has 12 heavy (non-hydrogen) atoms. The maximum atomic E-state index is 10.1. The molecule has 0 fully saturated rings. The number of azide groups is 1. The molecular formula is C4H4N6O2. The van der Waals surface area contributed by atoms with Crippen LogP contribution in [-0.2, 0) is 6.67 Å². The van der Waals surface area contributed by atoms with E-state index in [1.165, 1.54) is 17.1 Å². The van der Waals surface area contributed by atoms with Gasteiger partial charge in [-0.3, -0.25) is 0 Å². The Morgan fingerprint density at radius 1 is 1.92 bits per heavy atom. The monoisotopic (exact) mass is 168 g/mol. The van der Waals surface area contributed by atoms with E-state index in [-0.39, 0.29) is 12.5 Å². The van der Waals surface area contributed by atoms with Crippen LogP contribution in [0.15, 0.2) is 17.6 Å². The Labute approximate surface area is 66.2 Å². The van der Waals surface area contributed by atoms with E-state index in [2.05, 4.69) is 15.0 Å². The molecule has 0 aromatic carbocycles. The van der Waals surface area contributed by atoms with E-state index in [1.807, 2.05) is 0 Å². The first-order chi connectivity index (χ1) is 5.74. The van der Waals surface area contributed by atoms with Crippen LogP contribution >= 0.6 is 0 Å². The predicted molar refractivity (Wildman–Crippen MR) is 38.0 cm³/mol. The van der Waals surface area contributed by atoms with Crippen molar-refractivity contribution in [3.63, 3.8) is 0 Å². The van der Waals surface area contributed by atoms with Gasteiger partial charge in [0.2, 0.25) is 6.33 Å². The van der Waals surface area contributed by atoms with Gasteiger partial charge in [-0.1, -0.05) is 5.11 Å². The van der Waals surface area contributed by atoms with Gasteiger partial charge in [0.1, 0.15) is 12.9 Å². The van der Waals surface area contributed by atoms with E-state index in [1.54, 1.807) is 0 Å². The summed E-state index contributed by atoms with van der Waals surface area (Å²) in [7, 11) is 0. The molecule has 0 saturated carbocycles. The topological polar surface area (TPSA) is 110 Å². The van der Waals surface area contributed by atoms with Gasteiger partial charge in [-0.15, -0.1) is 0 Å². The number of nitro groups is 1. The minimum Gasteiger partial charge on any atom is -0.358 e. The van der Waals surface area contributed by atoms with Gasteiger partial charge in [-0.2, -0.15) is 0 Å². The lowest BCUT2D eigenvalue weighted by Crippen LogP contribution is -1.89. The zero-order chi connectivity index (χ0) is 8.97. The van der Waals surface area contributed by atoms with Crippen molar-refractivity contribution in [1.29, 1.82) is 0 Å². The minimum atomic E-state index is -0.618. The average Bonchev–Trinajstić information content (AvgIpc) is 2.48. The minimum absolute atomic E-state index is 0.0113. The van der Waals surface area contributed by atoms with Crippen LogP contribution in [0.25, 0.3) is 10.4 Å². The highest BCUT2D eigenvalue weighted by Gasteiger charge is 2.07. The Balaban J connectivity index is 2.77. The maximum Gasteiger partial charge on any atom is 0.381 e. The Morgan fingerprint density at radius 2 is 2.67 bits per heavy atom. The second kappa shape index (κ2) is 3.35. The molecule has 0 N–H and O–H groups in total. The molecule has 0 saturated heterocycles. The second-order valence-corrected chi connectivity index (χ2v) is 1.88. The van der Waals surface area contributed by atoms with Crippen molar-refractivity contribution in [3.05, 3.63) is 33.1 Å². The van der Waals surface area contributed by atoms with E-state index in [4.69, 9.17) is 5.53 Å². The highest BCUT2D eigenvalue weighted by Crippen LogP contribution is 2.05. The summed E-state index contributed by atoms with van der Waals surface area (Å²) < 4.78 is 1.32. The van der Waals surface area contributed by atoms with E-state index < -0.39 is 4.92 Å². The Bertz CT molecular complexity index is 337. The molecule has 1 aromatic rings. The lowest BCUT2D eigenvalue weighted by molar-refractivity contribution is -0.389. The van der Waals surface area contributed by atoms with Crippen LogP contribution in [0.1, 0.15) is 0 Å². The molecule has 0 radical (unpaired) electrons. The summed E-state index contributed by atoms with van der Waals surface area (Å²) in [5.41, 5.74) is 7.93. The highest BCUT2D eigenvalue weighted by atomic mass is 16.6. The number of imidazole rings is 1. The first kappa shape index (κ1) is 8.02. The van der Waals surface area contributed by atoms with Gasteiger partial charge in [0.15, 0.2) is 0 Å². The van der Waals surface area contributed by atoms with Gasteiger partial charge in [0.05, 0.1) is 0 Å². The maximum absolute atomic E-state index is 10.1. The van der Waals surface area contributed by atoms with Crippen molar-refractivity contribution >= 4 is 5.82 Å². The molecule has 0 bridgehead atoms. The third-order valence-electron chi connectivity index (χ3n) is 1.10. The van der Waals surface area contributed by atoms with Crippen LogP contribution < -0.4 is 0 Å². The fraction of sp³-hybridized carbons (Fsp3) is 0.250. The lowest BCUT2D eigenvalue weighted by Gasteiger charge is -1.87. The molecule has 1 aromatic heterocycles. The van der Waals surface area contributed by atoms with Crippen molar-refractivity contribution < 1.29 is 4.92 Å². The third kappa shape index (κ3) is 1.70. The molecule has 0 aliphatic carbocycles. The molecule has 1 rings (SSSR count). The number of rotatable bonds is 3. The molecule has 8 nitrogen and oxygen atoms in total. The Kier molecular flexibility index (Phi) is 2.24. The van der Waals surface area contributed by atoms with Gasteiger partial charge in [0, 0.05) is 4.91 Å². The smallest absolute Gasteiger partial charge is 0.358 e. The van der Waals surface area contributed by atoms with Crippen molar-refractivity contribution in [2.24, 2.45) is 5.11 Å². The average molecular weight is 168 g/mol. The quantitative estimate of drug-likeness (QED) is 0.221. The molecule has 0 aliphatic heterocycles. The first-order valence-corrected chi connectivity index (χ1v) is 2.91. The number of aromatic nitrogens is 2. The van der Waals surface area contributed by atoms with Crippen LogP contribution in [0.5, 0.6) is 0 Å². The summed E-state index contributed by atoms with van der Waals surface area (Å²) in [6.07, 6.45) is 2.42. The van der Waals surface area contributed by atoms with Gasteiger partial charge >= 0.3 is 5.82 Å². The molecular weight excluding hydrogens is 164 g/mol. The van der Waals surface area contributed by atoms with Gasteiger partial charge in [-0.05, 0) is 15.4 Å². The third-order valence-corrected chi connectivity index (χ3v) is 1.10. The number of hydrogen-bond donors (Lipinski definition) is 0. The van der Waals surface area contributed by atoms with Crippen molar-refractivity contribution in [2.75, 3.05) is 0 Å². The standard InChI is InChI=1S/C4H4N6O2/c5-8-7-3-9-1-4(6-2-9)10(11)12/h1-2H,3H2. The Hall–Kier alpha value is -2.08. The molecule has 0 spiro atoms. The number of hydrogen-bond acceptors (Lipinski definition) is 4. The SMILES string of the molecule is [N-]=[N+]=NCn1cnc([N+](=O)[O-])c1. The molecule has 0 unspecified atom stereocenters. The molecule has 0 aliphatic rings. The van der Waals surface area contributed by atoms with E-state index in [0.29, 0.717) is 0 Å². The fourth-order valence-electron chi connectivity index (χ4n) is 0.621. The first-order valence-electron chi connectivity index (χ1n) is 2.91. The van der Waals surface area contributed by atoms with Crippen LogP contribution in [0.4, 0.5) is 5.82 Å². The van der Waals surface area contributed by atoms with Crippen molar-refractivity contribution in [1.82, 2.24) is 9.55 Å². The summed E-state index contributed by atoms with van der Waals surface area (Å²) in [5, 5.41) is 13.3. The lowest BCUT2D eigenvalue weighted by atomic mass is 10.8. The largest absolute Gasteiger partial charge is 0.381 e. The summed E-state index contributed by atoms with van der Waals surface area (Å²) >= 11 is 0. The zero-order valence-electron chi connectivity index (χ0n) is 5.86. The molecule has 0 atom stereocenters. The molecule has 0 amide bonds. The van der Waals surface area contributed by atoms with Crippen molar-refractivity contribution in [2.45, 2.75) is 6.67 Å². The highest BCUT2D eigenvalue weighted by molar-refractivity contribution is 5.12. The molecule has 1 heterocycles. The van der Waals surface area contributed by atoms with Crippen LogP contribution in [0.3, 0.4) is 0 Å². The van der Waals surface area contributed by atoms with Gasteiger partial charge in [0.25, 0.3) is 0 Å². The zero-order valence-corrected chi connectivity index (χ0v) is 5.86. The van der Waals surface area contributed by atoms with Crippen LogP contribution in [0.2, 0.25) is 0 Å². The number of nitrogens with zero attached hydrogens (tertiary/aromatic N) is 6. The molecule has 8 heteroatoms. The molecule has 62 valence electrons. The van der Waals surface area contributed by atoms with E-state index in [0.717, 1.165) is 0 Å². The Morgan fingerprint density at radius 3 is 3.17 bits per heavy atom. The van der Waals surface area contributed by atoms with Crippen molar-refractivity contribution in [3.8, 4) is 0 Å². The summed E-state index contributed by atoms with van der Waals surface area (Å²) in [4.78, 5) is 15.4. The van der Waals surface area contributed by atoms with E-state index in [9.17, 15) is 10.1 Å². The fourth-order valence-corrected chi connectivity index (χ4v) is 0.621. The van der Waals surface area contributed by atoms with E-state index >= 15 is 0 Å². The van der Waals surface area contributed by atoms with Crippen LogP contribution in [0, 0.1) is 10.1 Å². The van der Waals surface area contributed by atoms with Crippen LogP contribution in [-0.4, -0.2) is 14.5 Å².